The molecule has 0 radical (unpaired) electrons. The van der Waals surface area contributed by atoms with Crippen LogP contribution in [0.1, 0.15) is 54.6 Å². The minimum absolute atomic E-state index is 0.0295. The maximum Gasteiger partial charge on any atom is 0.251 e. The lowest BCUT2D eigenvalue weighted by Crippen LogP contribution is -2.52. The summed E-state index contributed by atoms with van der Waals surface area (Å²) in [5, 5.41) is 10.2. The molecule has 0 aromatic heterocycles. The highest BCUT2D eigenvalue weighted by Gasteiger charge is 2.28. The van der Waals surface area contributed by atoms with Crippen LogP contribution in [0.5, 0.6) is 0 Å². The second-order valence-corrected chi connectivity index (χ2v) is 8.37. The summed E-state index contributed by atoms with van der Waals surface area (Å²) >= 11 is 5.95. The van der Waals surface area contributed by atoms with Gasteiger partial charge in [-0.1, -0.05) is 66.9 Å². The topological polar surface area (TPSA) is 41.1 Å². The van der Waals surface area contributed by atoms with Gasteiger partial charge < -0.3 is 10.6 Å². The van der Waals surface area contributed by atoms with E-state index in [9.17, 15) is 4.79 Å². The Balaban J connectivity index is 1.48. The molecular formula is C25H27ClN2O. The van der Waals surface area contributed by atoms with E-state index in [1.165, 1.54) is 22.8 Å². The molecule has 2 N–H and O–H groups in total. The van der Waals surface area contributed by atoms with Gasteiger partial charge in [0, 0.05) is 28.7 Å². The summed E-state index contributed by atoms with van der Waals surface area (Å²) in [7, 11) is 0. The Labute approximate surface area is 177 Å². The number of carbonyl (C=O) groups is 1. The fourth-order valence-electron chi connectivity index (χ4n) is 4.40. The predicted octanol–water partition coefficient (Wildman–Crippen LogP) is 5.89. The highest BCUT2D eigenvalue weighted by molar-refractivity contribution is 6.30. The Kier molecular flexibility index (Phi) is 6.17. The maximum atomic E-state index is 12.7. The van der Waals surface area contributed by atoms with Gasteiger partial charge in [-0.25, -0.2) is 0 Å². The standard InChI is InChI=1S/C25H27ClN2O/c1-17(21-10-6-8-18-7-2-3-9-22(18)21)27-23-11-4-5-12-24(23)28-25(29)19-13-15-20(26)16-14-19/h2-3,6-10,13-17,23-24,27H,4-5,11-12H2,1H3,(H,28,29)/t17-,23-,24+/m0/s1. The second-order valence-electron chi connectivity index (χ2n) is 7.93. The second kappa shape index (κ2) is 8.98. The van der Waals surface area contributed by atoms with Gasteiger partial charge in [0.1, 0.15) is 0 Å². The first-order chi connectivity index (χ1) is 14.1. The lowest BCUT2D eigenvalue weighted by Gasteiger charge is -2.35. The Bertz CT molecular complexity index is 980. The summed E-state index contributed by atoms with van der Waals surface area (Å²) in [4.78, 5) is 12.7. The van der Waals surface area contributed by atoms with Crippen molar-refractivity contribution < 1.29 is 4.79 Å². The molecule has 0 bridgehead atoms. The van der Waals surface area contributed by atoms with Gasteiger partial charge in [-0.15, -0.1) is 0 Å². The molecule has 3 aromatic carbocycles. The van der Waals surface area contributed by atoms with Crippen LogP contribution in [0.3, 0.4) is 0 Å². The van der Waals surface area contributed by atoms with Crippen LogP contribution in [0.25, 0.3) is 10.8 Å². The molecule has 0 heterocycles. The zero-order chi connectivity index (χ0) is 20.2. The summed E-state index contributed by atoms with van der Waals surface area (Å²) < 4.78 is 0. The monoisotopic (exact) mass is 406 g/mol. The SMILES string of the molecule is C[C@H](N[C@H]1CCCC[C@H]1NC(=O)c1ccc(Cl)cc1)c1cccc2ccccc12. The normalized spacial score (nSPS) is 20.3. The number of nitrogens with one attached hydrogen (secondary N) is 2. The summed E-state index contributed by atoms with van der Waals surface area (Å²) in [6.45, 7) is 2.22. The number of carbonyl (C=O) groups excluding carboxylic acids is 1. The molecule has 1 saturated carbocycles. The third-order valence-corrected chi connectivity index (χ3v) is 6.19. The van der Waals surface area contributed by atoms with Crippen LogP contribution in [-0.4, -0.2) is 18.0 Å². The lowest BCUT2D eigenvalue weighted by atomic mass is 9.88. The molecular weight excluding hydrogens is 380 g/mol. The van der Waals surface area contributed by atoms with Crippen molar-refractivity contribution in [2.24, 2.45) is 0 Å². The largest absolute Gasteiger partial charge is 0.348 e. The van der Waals surface area contributed by atoms with Gasteiger partial charge in [0.05, 0.1) is 0 Å². The summed E-state index contributed by atoms with van der Waals surface area (Å²) in [6.07, 6.45) is 4.40. The predicted molar refractivity (Wildman–Crippen MR) is 120 cm³/mol. The van der Waals surface area contributed by atoms with Crippen LogP contribution in [0.4, 0.5) is 0 Å². The van der Waals surface area contributed by atoms with E-state index in [0.29, 0.717) is 10.6 Å². The molecule has 0 aliphatic heterocycles. The van der Waals surface area contributed by atoms with Gasteiger partial charge in [-0.05, 0) is 60.4 Å². The van der Waals surface area contributed by atoms with Crippen molar-refractivity contribution in [1.82, 2.24) is 10.6 Å². The molecule has 3 atom stereocenters. The molecule has 1 aliphatic rings. The van der Waals surface area contributed by atoms with Crippen molar-refractivity contribution in [2.45, 2.75) is 50.7 Å². The molecule has 29 heavy (non-hydrogen) atoms. The number of rotatable bonds is 5. The third kappa shape index (κ3) is 4.63. The zero-order valence-corrected chi connectivity index (χ0v) is 17.5. The number of halogens is 1. The molecule has 0 unspecified atom stereocenters. The first-order valence-electron chi connectivity index (χ1n) is 10.4. The van der Waals surface area contributed by atoms with Crippen molar-refractivity contribution >= 4 is 28.3 Å². The van der Waals surface area contributed by atoms with Gasteiger partial charge in [0.2, 0.25) is 0 Å². The number of hydrogen-bond donors (Lipinski definition) is 2. The third-order valence-electron chi connectivity index (χ3n) is 5.94. The van der Waals surface area contributed by atoms with E-state index in [-0.39, 0.29) is 24.0 Å². The van der Waals surface area contributed by atoms with Crippen molar-refractivity contribution in [1.29, 1.82) is 0 Å². The highest BCUT2D eigenvalue weighted by atomic mass is 35.5. The van der Waals surface area contributed by atoms with Gasteiger partial charge >= 0.3 is 0 Å². The maximum absolute atomic E-state index is 12.7. The summed E-state index contributed by atoms with van der Waals surface area (Å²) in [6, 6.07) is 22.7. The van der Waals surface area contributed by atoms with E-state index in [4.69, 9.17) is 11.6 Å². The molecule has 150 valence electrons. The van der Waals surface area contributed by atoms with E-state index in [2.05, 4.69) is 60.0 Å². The zero-order valence-electron chi connectivity index (χ0n) is 16.7. The van der Waals surface area contributed by atoms with Crippen molar-refractivity contribution in [2.75, 3.05) is 0 Å². The molecule has 4 rings (SSSR count). The molecule has 1 amide bonds. The highest BCUT2D eigenvalue weighted by Crippen LogP contribution is 2.27. The average molecular weight is 407 g/mol. The van der Waals surface area contributed by atoms with E-state index in [1.54, 1.807) is 24.3 Å². The van der Waals surface area contributed by atoms with Crippen molar-refractivity contribution in [3.63, 3.8) is 0 Å². The minimum Gasteiger partial charge on any atom is -0.348 e. The Morgan fingerprint density at radius 3 is 2.41 bits per heavy atom. The Hall–Kier alpha value is -2.36. The first-order valence-corrected chi connectivity index (χ1v) is 10.8. The van der Waals surface area contributed by atoms with Gasteiger partial charge in [-0.3, -0.25) is 4.79 Å². The molecule has 3 nitrogen and oxygen atoms in total. The van der Waals surface area contributed by atoms with Crippen molar-refractivity contribution in [3.05, 3.63) is 82.9 Å². The molecule has 3 aromatic rings. The first kappa shape index (κ1) is 19.9. The number of amides is 1. The Morgan fingerprint density at radius 1 is 0.931 bits per heavy atom. The van der Waals surface area contributed by atoms with E-state index in [1.807, 2.05) is 0 Å². The van der Waals surface area contributed by atoms with Crippen LogP contribution in [0, 0.1) is 0 Å². The quantitative estimate of drug-likeness (QED) is 0.555. The van der Waals surface area contributed by atoms with Crippen molar-refractivity contribution in [3.8, 4) is 0 Å². The summed E-state index contributed by atoms with van der Waals surface area (Å²) in [5.74, 6) is -0.0295. The Morgan fingerprint density at radius 2 is 1.62 bits per heavy atom. The lowest BCUT2D eigenvalue weighted by molar-refractivity contribution is 0.0913. The molecule has 0 spiro atoms. The fraction of sp³-hybridized carbons (Fsp3) is 0.320. The van der Waals surface area contributed by atoms with E-state index in [0.717, 1.165) is 19.3 Å². The average Bonchev–Trinajstić information content (AvgIpc) is 2.75. The number of benzene rings is 3. The van der Waals surface area contributed by atoms with Crippen LogP contribution < -0.4 is 10.6 Å². The van der Waals surface area contributed by atoms with Crippen LogP contribution in [0.2, 0.25) is 5.02 Å². The molecule has 0 saturated heterocycles. The number of fused-ring (bicyclic) bond motifs is 1. The fourth-order valence-corrected chi connectivity index (χ4v) is 4.52. The van der Waals surface area contributed by atoms with Gasteiger partial charge in [-0.2, -0.15) is 0 Å². The molecule has 1 fully saturated rings. The van der Waals surface area contributed by atoms with E-state index >= 15 is 0 Å². The summed E-state index contributed by atoms with van der Waals surface area (Å²) in [5.41, 5.74) is 1.96. The van der Waals surface area contributed by atoms with Gasteiger partial charge in [0.25, 0.3) is 5.91 Å². The van der Waals surface area contributed by atoms with Crippen LogP contribution in [-0.2, 0) is 0 Å². The van der Waals surface area contributed by atoms with Gasteiger partial charge in [0.15, 0.2) is 0 Å². The van der Waals surface area contributed by atoms with Crippen LogP contribution >= 0.6 is 11.6 Å². The smallest absolute Gasteiger partial charge is 0.251 e. The number of hydrogen-bond acceptors (Lipinski definition) is 2. The molecule has 4 heteroatoms. The minimum atomic E-state index is -0.0295. The van der Waals surface area contributed by atoms with E-state index < -0.39 is 0 Å². The van der Waals surface area contributed by atoms with Crippen LogP contribution in [0.15, 0.2) is 66.7 Å². The molecule has 1 aliphatic carbocycles.